The van der Waals surface area contributed by atoms with Crippen LogP contribution in [0.4, 0.5) is 5.82 Å². The van der Waals surface area contributed by atoms with Crippen molar-refractivity contribution in [2.24, 2.45) is 0 Å². The molecule has 6 nitrogen and oxygen atoms in total. The monoisotopic (exact) mass is 360 g/mol. The van der Waals surface area contributed by atoms with Gasteiger partial charge in [-0.2, -0.15) is 0 Å². The highest BCUT2D eigenvalue weighted by Gasteiger charge is 2.37. The van der Waals surface area contributed by atoms with Crippen molar-refractivity contribution in [3.63, 3.8) is 0 Å². The molecule has 2 aromatic heterocycles. The van der Waals surface area contributed by atoms with Crippen LogP contribution < -0.4 is 10.6 Å². The third-order valence-electron chi connectivity index (χ3n) is 5.27. The number of carbonyl (C=O) groups excluding carboxylic acids is 1. The minimum absolute atomic E-state index is 0.00545. The van der Waals surface area contributed by atoms with Crippen molar-refractivity contribution < 1.29 is 9.53 Å². The van der Waals surface area contributed by atoms with Crippen LogP contribution in [-0.4, -0.2) is 40.7 Å². The van der Waals surface area contributed by atoms with Gasteiger partial charge in [-0.15, -0.1) is 11.3 Å². The Morgan fingerprint density at radius 3 is 2.84 bits per heavy atom. The first-order valence-electron chi connectivity index (χ1n) is 8.95. The van der Waals surface area contributed by atoms with E-state index >= 15 is 0 Å². The lowest BCUT2D eigenvalue weighted by Gasteiger charge is -2.36. The van der Waals surface area contributed by atoms with Gasteiger partial charge in [-0.05, 0) is 45.6 Å². The first kappa shape index (κ1) is 16.7. The second kappa shape index (κ2) is 6.53. The van der Waals surface area contributed by atoms with Crippen LogP contribution >= 0.6 is 11.3 Å². The van der Waals surface area contributed by atoms with Gasteiger partial charge in [-0.25, -0.2) is 9.97 Å². The van der Waals surface area contributed by atoms with Gasteiger partial charge in [0.15, 0.2) is 0 Å². The Bertz CT molecular complexity index is 813. The molecule has 2 aliphatic rings. The van der Waals surface area contributed by atoms with Crippen LogP contribution in [0, 0.1) is 20.8 Å². The number of hydrogen-bond acceptors (Lipinski definition) is 6. The fourth-order valence-electron chi connectivity index (χ4n) is 3.86. The molecule has 3 unspecified atom stereocenters. The molecule has 3 atom stereocenters. The molecule has 2 fully saturated rings. The molecule has 134 valence electrons. The van der Waals surface area contributed by atoms with E-state index in [4.69, 9.17) is 4.74 Å². The highest BCUT2D eigenvalue weighted by atomic mass is 32.1. The Kier molecular flexibility index (Phi) is 4.37. The second-order valence-corrected chi connectivity index (χ2v) is 8.22. The SMILES string of the molecule is Cc1nc(NC2CCC(=O)NC2C2CCCO2)c2c(C)c(C)sc2n1. The van der Waals surface area contributed by atoms with Crippen LogP contribution in [0.5, 0.6) is 0 Å². The molecule has 2 aliphatic heterocycles. The van der Waals surface area contributed by atoms with Crippen LogP contribution in [0.2, 0.25) is 0 Å². The summed E-state index contributed by atoms with van der Waals surface area (Å²) in [5.41, 5.74) is 1.23. The van der Waals surface area contributed by atoms with Crippen LogP contribution in [0.25, 0.3) is 10.2 Å². The van der Waals surface area contributed by atoms with Crippen molar-refractivity contribution in [1.82, 2.24) is 15.3 Å². The van der Waals surface area contributed by atoms with Crippen molar-refractivity contribution >= 4 is 33.3 Å². The third-order valence-corrected chi connectivity index (χ3v) is 6.37. The number of rotatable bonds is 3. The fourth-order valence-corrected chi connectivity index (χ4v) is 4.94. The number of piperidine rings is 1. The summed E-state index contributed by atoms with van der Waals surface area (Å²) in [6, 6.07) is 0.118. The Labute approximate surface area is 151 Å². The highest BCUT2D eigenvalue weighted by Crippen LogP contribution is 2.34. The van der Waals surface area contributed by atoms with Gasteiger partial charge in [0, 0.05) is 17.9 Å². The molecule has 0 radical (unpaired) electrons. The first-order chi connectivity index (χ1) is 12.0. The largest absolute Gasteiger partial charge is 0.376 e. The molecule has 2 saturated heterocycles. The van der Waals surface area contributed by atoms with E-state index in [2.05, 4.69) is 34.4 Å². The summed E-state index contributed by atoms with van der Waals surface area (Å²) in [6.45, 7) is 6.95. The maximum Gasteiger partial charge on any atom is 0.220 e. The molecule has 1 amide bonds. The van der Waals surface area contributed by atoms with Gasteiger partial charge in [0.05, 0.1) is 23.6 Å². The second-order valence-electron chi connectivity index (χ2n) is 7.02. The zero-order valence-corrected chi connectivity index (χ0v) is 15.7. The number of aromatic nitrogens is 2. The lowest BCUT2D eigenvalue weighted by atomic mass is 9.92. The molecule has 2 N–H and O–H groups in total. The summed E-state index contributed by atoms with van der Waals surface area (Å²) in [7, 11) is 0. The summed E-state index contributed by atoms with van der Waals surface area (Å²) >= 11 is 1.71. The van der Waals surface area contributed by atoms with Crippen LogP contribution in [-0.2, 0) is 9.53 Å². The minimum Gasteiger partial charge on any atom is -0.376 e. The van der Waals surface area contributed by atoms with Gasteiger partial charge in [0.2, 0.25) is 5.91 Å². The molecule has 4 heterocycles. The first-order valence-corrected chi connectivity index (χ1v) is 9.76. The normalized spacial score (nSPS) is 26.8. The van der Waals surface area contributed by atoms with Gasteiger partial charge < -0.3 is 15.4 Å². The van der Waals surface area contributed by atoms with Crippen molar-refractivity contribution in [3.05, 3.63) is 16.3 Å². The quantitative estimate of drug-likeness (QED) is 0.880. The average molecular weight is 360 g/mol. The van der Waals surface area contributed by atoms with E-state index in [1.807, 2.05) is 6.92 Å². The van der Waals surface area contributed by atoms with E-state index in [0.717, 1.165) is 47.7 Å². The zero-order chi connectivity index (χ0) is 17.6. The van der Waals surface area contributed by atoms with E-state index in [9.17, 15) is 4.79 Å². The highest BCUT2D eigenvalue weighted by molar-refractivity contribution is 7.18. The van der Waals surface area contributed by atoms with E-state index in [1.165, 1.54) is 10.4 Å². The van der Waals surface area contributed by atoms with E-state index in [1.54, 1.807) is 11.3 Å². The van der Waals surface area contributed by atoms with Crippen molar-refractivity contribution in [3.8, 4) is 0 Å². The molecule has 0 bridgehead atoms. The lowest BCUT2D eigenvalue weighted by Crippen LogP contribution is -2.56. The number of ether oxygens (including phenoxy) is 1. The van der Waals surface area contributed by atoms with Gasteiger partial charge in [-0.3, -0.25) is 4.79 Å². The summed E-state index contributed by atoms with van der Waals surface area (Å²) in [6.07, 6.45) is 3.48. The van der Waals surface area contributed by atoms with Gasteiger partial charge in [0.25, 0.3) is 0 Å². The molecule has 7 heteroatoms. The number of thiophene rings is 1. The molecule has 25 heavy (non-hydrogen) atoms. The van der Waals surface area contributed by atoms with E-state index < -0.39 is 0 Å². The Morgan fingerprint density at radius 1 is 1.24 bits per heavy atom. The van der Waals surface area contributed by atoms with Crippen LogP contribution in [0.15, 0.2) is 0 Å². The summed E-state index contributed by atoms with van der Waals surface area (Å²) in [4.78, 5) is 23.5. The van der Waals surface area contributed by atoms with Crippen molar-refractivity contribution in [1.29, 1.82) is 0 Å². The number of hydrogen-bond donors (Lipinski definition) is 2. The molecule has 2 aromatic rings. The molecule has 4 rings (SSSR count). The van der Waals surface area contributed by atoms with Gasteiger partial charge >= 0.3 is 0 Å². The predicted octanol–water partition coefficient (Wildman–Crippen LogP) is 2.85. The topological polar surface area (TPSA) is 76.1 Å². The lowest BCUT2D eigenvalue weighted by molar-refractivity contribution is -0.124. The fraction of sp³-hybridized carbons (Fsp3) is 0.611. The molecular formula is C18H24N4O2S. The maximum atomic E-state index is 11.9. The molecule has 0 aliphatic carbocycles. The zero-order valence-electron chi connectivity index (χ0n) is 14.9. The van der Waals surface area contributed by atoms with E-state index in [-0.39, 0.29) is 24.1 Å². The van der Waals surface area contributed by atoms with Gasteiger partial charge in [-0.1, -0.05) is 0 Å². The number of fused-ring (bicyclic) bond motifs is 1. The Hall–Kier alpha value is -1.73. The molecule has 0 spiro atoms. The number of amides is 1. The number of nitrogens with one attached hydrogen (secondary N) is 2. The van der Waals surface area contributed by atoms with Crippen molar-refractivity contribution in [2.75, 3.05) is 11.9 Å². The summed E-state index contributed by atoms with van der Waals surface area (Å²) < 4.78 is 5.86. The number of nitrogens with zero attached hydrogens (tertiary/aromatic N) is 2. The van der Waals surface area contributed by atoms with E-state index in [0.29, 0.717) is 6.42 Å². The summed E-state index contributed by atoms with van der Waals surface area (Å²) in [5.74, 6) is 1.77. The standard InChI is InChI=1S/C18H24N4O2S/c1-9-10(2)25-18-15(9)17(19-11(3)20-18)21-12-6-7-14(23)22-16(12)13-5-4-8-24-13/h12-13,16H,4-8H2,1-3H3,(H,22,23)(H,19,20,21). The molecule has 0 aromatic carbocycles. The summed E-state index contributed by atoms with van der Waals surface area (Å²) in [5, 5.41) is 7.88. The maximum absolute atomic E-state index is 11.9. The Balaban J connectivity index is 1.68. The predicted molar refractivity (Wildman–Crippen MR) is 99.2 cm³/mol. The molecule has 0 saturated carbocycles. The molecular weight excluding hydrogens is 336 g/mol. The van der Waals surface area contributed by atoms with Crippen LogP contribution in [0.1, 0.15) is 41.9 Å². The number of anilines is 1. The third kappa shape index (κ3) is 3.11. The minimum atomic E-state index is -0.00545. The smallest absolute Gasteiger partial charge is 0.220 e. The van der Waals surface area contributed by atoms with Gasteiger partial charge in [0.1, 0.15) is 16.5 Å². The Morgan fingerprint density at radius 2 is 2.08 bits per heavy atom. The van der Waals surface area contributed by atoms with Crippen molar-refractivity contribution in [2.45, 2.75) is 64.6 Å². The van der Waals surface area contributed by atoms with Crippen LogP contribution in [0.3, 0.4) is 0 Å². The average Bonchev–Trinajstić information content (AvgIpc) is 3.18. The number of aryl methyl sites for hydroxylation is 3. The number of carbonyl (C=O) groups is 1.